The molecule has 0 aromatic heterocycles. The molecule has 4 nitrogen and oxygen atoms in total. The van der Waals surface area contributed by atoms with Crippen LogP contribution in [0, 0.1) is 18.3 Å². The van der Waals surface area contributed by atoms with Crippen molar-refractivity contribution in [3.05, 3.63) is 34.9 Å². The number of rotatable bonds is 4. The van der Waals surface area contributed by atoms with Gasteiger partial charge in [-0.2, -0.15) is 5.26 Å². The van der Waals surface area contributed by atoms with Gasteiger partial charge in [0.15, 0.2) is 0 Å². The third-order valence-corrected chi connectivity index (χ3v) is 2.26. The topological polar surface area (TPSA) is 81.3 Å². The molecule has 0 aliphatic heterocycles. The van der Waals surface area contributed by atoms with E-state index in [0.717, 1.165) is 5.56 Å². The summed E-state index contributed by atoms with van der Waals surface area (Å²) in [5.74, 6) is 0. The molecule has 0 bridgehead atoms. The van der Waals surface area contributed by atoms with E-state index >= 15 is 0 Å². The predicted molar refractivity (Wildman–Crippen MR) is 57.8 cm³/mol. The van der Waals surface area contributed by atoms with Gasteiger partial charge in [-0.25, -0.2) is 0 Å². The van der Waals surface area contributed by atoms with Gasteiger partial charge in [-0.1, -0.05) is 11.6 Å². The van der Waals surface area contributed by atoms with E-state index in [4.69, 9.17) is 5.26 Å². The first kappa shape index (κ1) is 12.4. The molecule has 16 heavy (non-hydrogen) atoms. The van der Waals surface area contributed by atoms with Crippen LogP contribution in [0.4, 0.5) is 0 Å². The van der Waals surface area contributed by atoms with Crippen molar-refractivity contribution in [2.75, 3.05) is 0 Å². The van der Waals surface area contributed by atoms with Crippen molar-refractivity contribution in [1.29, 1.82) is 5.26 Å². The maximum Gasteiger partial charge on any atom is 0.150 e. The Bertz CT molecular complexity index is 423. The van der Waals surface area contributed by atoms with E-state index in [9.17, 15) is 15.0 Å². The second-order valence-electron chi connectivity index (χ2n) is 3.67. The Morgan fingerprint density at radius 1 is 1.44 bits per heavy atom. The van der Waals surface area contributed by atoms with E-state index in [1.54, 1.807) is 25.1 Å². The summed E-state index contributed by atoms with van der Waals surface area (Å²) in [7, 11) is 0. The number of carbonyl (C=O) groups is 1. The minimum absolute atomic E-state index is 0.147. The van der Waals surface area contributed by atoms with E-state index in [1.807, 2.05) is 0 Å². The number of hydrogen-bond donors (Lipinski definition) is 2. The Labute approximate surface area is 93.8 Å². The second-order valence-corrected chi connectivity index (χ2v) is 3.67. The molecular weight excluding hydrogens is 206 g/mol. The van der Waals surface area contributed by atoms with E-state index in [0.29, 0.717) is 17.4 Å². The molecule has 2 N–H and O–H groups in total. The standard InChI is InChI=1S/C12H13NO3/c1-8-4-9(7-14)6-10(5-8)12(16)11(15)2-3-13/h4-7,11-12,15-16H,2H2,1H3. The van der Waals surface area contributed by atoms with Crippen LogP contribution in [0.3, 0.4) is 0 Å². The smallest absolute Gasteiger partial charge is 0.150 e. The third-order valence-electron chi connectivity index (χ3n) is 2.26. The number of aliphatic hydroxyl groups excluding tert-OH is 2. The van der Waals surface area contributed by atoms with Gasteiger partial charge in [0.2, 0.25) is 0 Å². The summed E-state index contributed by atoms with van der Waals surface area (Å²) < 4.78 is 0. The molecule has 2 unspecified atom stereocenters. The lowest BCUT2D eigenvalue weighted by Gasteiger charge is -2.16. The quantitative estimate of drug-likeness (QED) is 0.743. The highest BCUT2D eigenvalue weighted by atomic mass is 16.3. The van der Waals surface area contributed by atoms with E-state index in [-0.39, 0.29) is 6.42 Å². The Kier molecular flexibility index (Phi) is 4.18. The van der Waals surface area contributed by atoms with E-state index in [1.165, 1.54) is 6.07 Å². The second kappa shape index (κ2) is 5.40. The van der Waals surface area contributed by atoms with Crippen molar-refractivity contribution in [2.45, 2.75) is 25.6 Å². The van der Waals surface area contributed by atoms with E-state index in [2.05, 4.69) is 0 Å². The minimum atomic E-state index is -1.14. The zero-order valence-corrected chi connectivity index (χ0v) is 8.92. The fourth-order valence-corrected chi connectivity index (χ4v) is 1.51. The molecule has 0 saturated heterocycles. The lowest BCUT2D eigenvalue weighted by Crippen LogP contribution is -2.17. The number of aldehydes is 1. The fourth-order valence-electron chi connectivity index (χ4n) is 1.51. The van der Waals surface area contributed by atoms with Crippen LogP contribution in [-0.4, -0.2) is 22.6 Å². The molecule has 0 aliphatic rings. The highest BCUT2D eigenvalue weighted by Crippen LogP contribution is 2.21. The van der Waals surface area contributed by atoms with E-state index < -0.39 is 12.2 Å². The number of hydrogen-bond acceptors (Lipinski definition) is 4. The average molecular weight is 219 g/mol. The number of carbonyl (C=O) groups excluding carboxylic acids is 1. The number of nitrogens with zero attached hydrogens (tertiary/aromatic N) is 1. The molecule has 4 heteroatoms. The van der Waals surface area contributed by atoms with Gasteiger partial charge in [-0.3, -0.25) is 4.79 Å². The lowest BCUT2D eigenvalue weighted by atomic mass is 9.98. The molecule has 0 aliphatic carbocycles. The van der Waals surface area contributed by atoms with Crippen LogP contribution >= 0.6 is 0 Å². The van der Waals surface area contributed by atoms with Crippen LogP contribution in [0.15, 0.2) is 18.2 Å². The van der Waals surface area contributed by atoms with Gasteiger partial charge in [-0.05, 0) is 24.6 Å². The first-order chi connectivity index (χ1) is 7.58. The molecule has 0 amide bonds. The maximum atomic E-state index is 10.6. The zero-order valence-electron chi connectivity index (χ0n) is 8.92. The molecule has 0 saturated carbocycles. The zero-order chi connectivity index (χ0) is 12.1. The van der Waals surface area contributed by atoms with Gasteiger partial charge < -0.3 is 10.2 Å². The summed E-state index contributed by atoms with van der Waals surface area (Å²) >= 11 is 0. The summed E-state index contributed by atoms with van der Waals surface area (Å²) in [4.78, 5) is 10.6. The van der Waals surface area contributed by atoms with Crippen molar-refractivity contribution < 1.29 is 15.0 Å². The first-order valence-corrected chi connectivity index (χ1v) is 4.88. The van der Waals surface area contributed by atoms with Crippen molar-refractivity contribution in [3.8, 4) is 6.07 Å². The first-order valence-electron chi connectivity index (χ1n) is 4.88. The Morgan fingerprint density at radius 2 is 2.12 bits per heavy atom. The van der Waals surface area contributed by atoms with Crippen molar-refractivity contribution in [3.63, 3.8) is 0 Å². The fraction of sp³-hybridized carbons (Fsp3) is 0.333. The van der Waals surface area contributed by atoms with Crippen molar-refractivity contribution in [1.82, 2.24) is 0 Å². The molecule has 0 radical (unpaired) electrons. The Balaban J connectivity index is 2.99. The maximum absolute atomic E-state index is 10.6. The molecule has 1 aromatic rings. The Morgan fingerprint density at radius 3 is 2.69 bits per heavy atom. The van der Waals surface area contributed by atoms with Gasteiger partial charge >= 0.3 is 0 Å². The molecule has 1 aromatic carbocycles. The molecular formula is C12H13NO3. The largest absolute Gasteiger partial charge is 0.389 e. The van der Waals surface area contributed by atoms with Crippen LogP contribution < -0.4 is 0 Å². The van der Waals surface area contributed by atoms with Gasteiger partial charge in [-0.15, -0.1) is 0 Å². The SMILES string of the molecule is Cc1cc(C=O)cc(C(O)C(O)CC#N)c1. The van der Waals surface area contributed by atoms with Crippen LogP contribution in [0.1, 0.15) is 34.0 Å². The van der Waals surface area contributed by atoms with Crippen LogP contribution in [0.25, 0.3) is 0 Å². The Hall–Kier alpha value is -1.70. The average Bonchev–Trinajstić information content (AvgIpc) is 2.27. The number of aliphatic hydroxyl groups is 2. The summed E-state index contributed by atoms with van der Waals surface area (Å²) in [6.45, 7) is 1.79. The van der Waals surface area contributed by atoms with Crippen LogP contribution in [0.5, 0.6) is 0 Å². The van der Waals surface area contributed by atoms with Crippen LogP contribution in [0.2, 0.25) is 0 Å². The molecule has 0 fully saturated rings. The minimum Gasteiger partial charge on any atom is -0.389 e. The number of benzene rings is 1. The monoisotopic (exact) mass is 219 g/mol. The molecule has 1 rings (SSSR count). The van der Waals surface area contributed by atoms with Gasteiger partial charge in [0.1, 0.15) is 12.4 Å². The third kappa shape index (κ3) is 2.89. The predicted octanol–water partition coefficient (Wildman–Crippen LogP) is 1.12. The summed E-state index contributed by atoms with van der Waals surface area (Å²) in [6, 6.07) is 6.65. The molecule has 2 atom stereocenters. The molecule has 0 spiro atoms. The van der Waals surface area contributed by atoms with Crippen molar-refractivity contribution in [2.24, 2.45) is 0 Å². The van der Waals surface area contributed by atoms with Crippen molar-refractivity contribution >= 4 is 6.29 Å². The summed E-state index contributed by atoms with van der Waals surface area (Å²) in [5, 5.41) is 27.6. The van der Waals surface area contributed by atoms with Gasteiger partial charge in [0, 0.05) is 5.56 Å². The molecule has 0 heterocycles. The number of nitriles is 1. The number of aryl methyl sites for hydroxylation is 1. The summed E-state index contributed by atoms with van der Waals surface area (Å²) in [6.07, 6.45) is -1.74. The van der Waals surface area contributed by atoms with Gasteiger partial charge in [0.05, 0.1) is 18.6 Å². The highest BCUT2D eigenvalue weighted by molar-refractivity contribution is 5.75. The van der Waals surface area contributed by atoms with Gasteiger partial charge in [0.25, 0.3) is 0 Å². The normalized spacial score (nSPS) is 13.9. The molecule has 84 valence electrons. The van der Waals surface area contributed by atoms with Crippen LogP contribution in [-0.2, 0) is 0 Å². The lowest BCUT2D eigenvalue weighted by molar-refractivity contribution is 0.0216. The highest BCUT2D eigenvalue weighted by Gasteiger charge is 2.18. The summed E-state index contributed by atoms with van der Waals surface area (Å²) in [5.41, 5.74) is 1.71.